The van der Waals surface area contributed by atoms with Crippen molar-refractivity contribution in [3.05, 3.63) is 36.5 Å². The summed E-state index contributed by atoms with van der Waals surface area (Å²) in [5, 5.41) is 10.4. The van der Waals surface area contributed by atoms with Crippen molar-refractivity contribution in [1.29, 1.82) is 0 Å². The number of hydrogen-bond donors (Lipinski definition) is 1. The van der Waals surface area contributed by atoms with Crippen LogP contribution >= 0.6 is 0 Å². The maximum absolute atomic E-state index is 9.35. The number of fused-ring (bicyclic) bond motifs is 1. The van der Waals surface area contributed by atoms with Gasteiger partial charge >= 0.3 is 0 Å². The SMILES string of the molecule is CC(O)C(C)Oc1cnc2ccccc2c1. The number of pyridine rings is 1. The summed E-state index contributed by atoms with van der Waals surface area (Å²) >= 11 is 0. The second kappa shape index (κ2) is 4.49. The van der Waals surface area contributed by atoms with Crippen LogP contribution in [0.5, 0.6) is 5.75 Å². The standard InChI is InChI=1S/C13H15NO2/c1-9(15)10(2)16-12-7-11-5-3-4-6-13(11)14-8-12/h3-10,15H,1-2H3. The van der Waals surface area contributed by atoms with E-state index in [1.807, 2.05) is 37.3 Å². The summed E-state index contributed by atoms with van der Waals surface area (Å²) in [6.07, 6.45) is 0.954. The monoisotopic (exact) mass is 217 g/mol. The molecule has 0 radical (unpaired) electrons. The van der Waals surface area contributed by atoms with Gasteiger partial charge in [0.2, 0.25) is 0 Å². The molecule has 1 N–H and O–H groups in total. The van der Waals surface area contributed by atoms with Crippen LogP contribution in [0.25, 0.3) is 10.9 Å². The summed E-state index contributed by atoms with van der Waals surface area (Å²) in [6, 6.07) is 9.79. The van der Waals surface area contributed by atoms with Gasteiger partial charge in [0.1, 0.15) is 11.9 Å². The average molecular weight is 217 g/mol. The van der Waals surface area contributed by atoms with E-state index in [0.717, 1.165) is 10.9 Å². The van der Waals surface area contributed by atoms with Crippen molar-refractivity contribution in [1.82, 2.24) is 4.98 Å². The predicted molar refractivity (Wildman–Crippen MR) is 63.5 cm³/mol. The zero-order valence-electron chi connectivity index (χ0n) is 9.42. The molecule has 0 aliphatic carbocycles. The molecule has 0 aliphatic rings. The van der Waals surface area contributed by atoms with Gasteiger partial charge in [0, 0.05) is 5.39 Å². The summed E-state index contributed by atoms with van der Waals surface area (Å²) in [5.74, 6) is 0.687. The van der Waals surface area contributed by atoms with E-state index in [1.54, 1.807) is 13.1 Å². The lowest BCUT2D eigenvalue weighted by molar-refractivity contribution is 0.0603. The molecule has 1 aromatic heterocycles. The lowest BCUT2D eigenvalue weighted by Gasteiger charge is -2.17. The van der Waals surface area contributed by atoms with Gasteiger partial charge in [0.25, 0.3) is 0 Å². The molecular weight excluding hydrogens is 202 g/mol. The van der Waals surface area contributed by atoms with Crippen LogP contribution in [-0.4, -0.2) is 22.3 Å². The first kappa shape index (κ1) is 10.9. The van der Waals surface area contributed by atoms with E-state index < -0.39 is 6.10 Å². The molecule has 1 heterocycles. The Bertz CT molecular complexity index is 482. The third-order valence-corrected chi connectivity index (χ3v) is 2.57. The van der Waals surface area contributed by atoms with E-state index in [0.29, 0.717) is 5.75 Å². The molecule has 84 valence electrons. The van der Waals surface area contributed by atoms with Crippen LogP contribution in [-0.2, 0) is 0 Å². The molecule has 2 aromatic rings. The van der Waals surface area contributed by atoms with Gasteiger partial charge in [-0.15, -0.1) is 0 Å². The number of aliphatic hydroxyl groups is 1. The molecule has 0 fully saturated rings. The molecule has 0 aliphatic heterocycles. The number of rotatable bonds is 3. The fourth-order valence-corrected chi connectivity index (χ4v) is 1.43. The van der Waals surface area contributed by atoms with Crippen LogP contribution in [0.3, 0.4) is 0 Å². The smallest absolute Gasteiger partial charge is 0.138 e. The van der Waals surface area contributed by atoms with Crippen molar-refractivity contribution in [3.63, 3.8) is 0 Å². The second-order valence-corrected chi connectivity index (χ2v) is 3.93. The molecule has 0 bridgehead atoms. The maximum atomic E-state index is 9.35. The zero-order valence-corrected chi connectivity index (χ0v) is 9.42. The third kappa shape index (κ3) is 2.31. The van der Waals surface area contributed by atoms with E-state index >= 15 is 0 Å². The minimum absolute atomic E-state index is 0.233. The highest BCUT2D eigenvalue weighted by Gasteiger charge is 2.10. The Morgan fingerprint density at radius 3 is 2.75 bits per heavy atom. The molecular formula is C13H15NO2. The Labute approximate surface area is 94.7 Å². The normalized spacial score (nSPS) is 14.7. The van der Waals surface area contributed by atoms with Gasteiger partial charge in [0.05, 0.1) is 17.8 Å². The maximum Gasteiger partial charge on any atom is 0.138 e. The molecule has 0 spiro atoms. The third-order valence-electron chi connectivity index (χ3n) is 2.57. The summed E-state index contributed by atoms with van der Waals surface area (Å²) < 4.78 is 5.57. The molecule has 2 atom stereocenters. The highest BCUT2D eigenvalue weighted by atomic mass is 16.5. The van der Waals surface area contributed by atoms with Gasteiger partial charge in [0.15, 0.2) is 0 Å². The number of aromatic nitrogens is 1. The number of nitrogens with zero attached hydrogens (tertiary/aromatic N) is 1. The summed E-state index contributed by atoms with van der Waals surface area (Å²) in [5.41, 5.74) is 0.944. The van der Waals surface area contributed by atoms with Crippen molar-refractivity contribution in [2.75, 3.05) is 0 Å². The largest absolute Gasteiger partial charge is 0.486 e. The predicted octanol–water partition coefficient (Wildman–Crippen LogP) is 2.38. The van der Waals surface area contributed by atoms with Gasteiger partial charge in [-0.1, -0.05) is 18.2 Å². The summed E-state index contributed by atoms with van der Waals surface area (Å²) in [4.78, 5) is 4.29. The molecule has 16 heavy (non-hydrogen) atoms. The number of benzene rings is 1. The summed E-state index contributed by atoms with van der Waals surface area (Å²) in [6.45, 7) is 3.54. The van der Waals surface area contributed by atoms with E-state index in [4.69, 9.17) is 4.74 Å². The molecule has 1 aromatic carbocycles. The molecule has 0 saturated heterocycles. The van der Waals surface area contributed by atoms with Crippen LogP contribution in [0, 0.1) is 0 Å². The first-order valence-electron chi connectivity index (χ1n) is 5.36. The number of para-hydroxylation sites is 1. The lowest BCUT2D eigenvalue weighted by Crippen LogP contribution is -2.25. The van der Waals surface area contributed by atoms with Gasteiger partial charge < -0.3 is 9.84 Å². The van der Waals surface area contributed by atoms with Crippen molar-refractivity contribution in [2.45, 2.75) is 26.1 Å². The molecule has 0 amide bonds. The molecule has 3 heteroatoms. The minimum atomic E-state index is -0.494. The van der Waals surface area contributed by atoms with E-state index in [-0.39, 0.29) is 6.10 Å². The minimum Gasteiger partial charge on any atom is -0.486 e. The van der Waals surface area contributed by atoms with Gasteiger partial charge in [-0.2, -0.15) is 0 Å². The molecule has 2 rings (SSSR count). The van der Waals surface area contributed by atoms with Gasteiger partial charge in [-0.3, -0.25) is 4.98 Å². The molecule has 2 unspecified atom stereocenters. The quantitative estimate of drug-likeness (QED) is 0.858. The van der Waals surface area contributed by atoms with Crippen LogP contribution in [0.15, 0.2) is 36.5 Å². The fraction of sp³-hybridized carbons (Fsp3) is 0.308. The number of ether oxygens (including phenoxy) is 1. The Kier molecular flexibility index (Phi) is 3.06. The first-order chi connectivity index (χ1) is 7.66. The van der Waals surface area contributed by atoms with Crippen LogP contribution in [0.2, 0.25) is 0 Å². The Morgan fingerprint density at radius 1 is 1.25 bits per heavy atom. The molecule has 3 nitrogen and oxygen atoms in total. The van der Waals surface area contributed by atoms with E-state index in [9.17, 15) is 5.11 Å². The van der Waals surface area contributed by atoms with Crippen LogP contribution in [0.4, 0.5) is 0 Å². The second-order valence-electron chi connectivity index (χ2n) is 3.93. The van der Waals surface area contributed by atoms with Crippen LogP contribution < -0.4 is 4.74 Å². The molecule has 0 saturated carbocycles. The topological polar surface area (TPSA) is 42.4 Å². The van der Waals surface area contributed by atoms with Crippen molar-refractivity contribution < 1.29 is 9.84 Å². The van der Waals surface area contributed by atoms with E-state index in [1.165, 1.54) is 0 Å². The van der Waals surface area contributed by atoms with Crippen molar-refractivity contribution >= 4 is 10.9 Å². The Hall–Kier alpha value is -1.61. The zero-order chi connectivity index (χ0) is 11.5. The highest BCUT2D eigenvalue weighted by molar-refractivity contribution is 5.79. The van der Waals surface area contributed by atoms with Crippen molar-refractivity contribution in [3.8, 4) is 5.75 Å². The first-order valence-corrected chi connectivity index (χ1v) is 5.36. The lowest BCUT2D eigenvalue weighted by atomic mass is 10.2. The Morgan fingerprint density at radius 2 is 2.00 bits per heavy atom. The average Bonchev–Trinajstić information content (AvgIpc) is 2.28. The van der Waals surface area contributed by atoms with E-state index in [2.05, 4.69) is 4.98 Å². The Balaban J connectivity index is 2.26. The summed E-state index contributed by atoms with van der Waals surface area (Å²) in [7, 11) is 0. The van der Waals surface area contributed by atoms with Crippen molar-refractivity contribution in [2.24, 2.45) is 0 Å². The fourth-order valence-electron chi connectivity index (χ4n) is 1.43. The number of aliphatic hydroxyl groups excluding tert-OH is 1. The highest BCUT2D eigenvalue weighted by Crippen LogP contribution is 2.19. The number of hydrogen-bond acceptors (Lipinski definition) is 3. The van der Waals surface area contributed by atoms with Gasteiger partial charge in [-0.05, 0) is 26.0 Å². The van der Waals surface area contributed by atoms with Gasteiger partial charge in [-0.25, -0.2) is 0 Å². The van der Waals surface area contributed by atoms with Crippen LogP contribution in [0.1, 0.15) is 13.8 Å².